The van der Waals surface area contributed by atoms with Crippen LogP contribution in [0.2, 0.25) is 0 Å². The van der Waals surface area contributed by atoms with E-state index in [4.69, 9.17) is 14.0 Å². The van der Waals surface area contributed by atoms with E-state index in [0.29, 0.717) is 54.5 Å². The zero-order valence-electron chi connectivity index (χ0n) is 21.9. The molecule has 4 rings (SSSR count). The number of likely N-dealkylation sites (N-methyl/N-ethyl adjacent to an activating group) is 1. The van der Waals surface area contributed by atoms with Gasteiger partial charge in [0.1, 0.15) is 29.4 Å². The number of methoxy groups -OCH3 is 2. The Morgan fingerprint density at radius 1 is 1.00 bits per heavy atom. The number of hydrogen-bond acceptors (Lipinski definition) is 7. The monoisotopic (exact) mass is 506 g/mol. The molecule has 0 bridgehead atoms. The van der Waals surface area contributed by atoms with Gasteiger partial charge in [-0.05, 0) is 50.7 Å². The maximum Gasteiger partial charge on any atom is 0.260 e. The molecule has 0 fully saturated rings. The number of aryl methyl sites for hydroxylation is 1. The summed E-state index contributed by atoms with van der Waals surface area (Å²) in [7, 11) is 5.13. The van der Waals surface area contributed by atoms with Gasteiger partial charge in [-0.2, -0.15) is 0 Å². The summed E-state index contributed by atoms with van der Waals surface area (Å²) < 4.78 is 16.2. The first-order chi connectivity index (χ1) is 17.9. The first-order valence-corrected chi connectivity index (χ1v) is 12.4. The fourth-order valence-corrected chi connectivity index (χ4v) is 4.65. The summed E-state index contributed by atoms with van der Waals surface area (Å²) >= 11 is 0. The molecule has 1 aromatic heterocycles. The quantitative estimate of drug-likeness (QED) is 0.522. The Morgan fingerprint density at radius 3 is 2.54 bits per heavy atom. The molecule has 0 spiro atoms. The average molecular weight is 507 g/mol. The van der Waals surface area contributed by atoms with Gasteiger partial charge in [0.25, 0.3) is 11.8 Å². The number of carbonyl (C=O) groups is 2. The van der Waals surface area contributed by atoms with Crippen molar-refractivity contribution in [2.75, 3.05) is 59.0 Å². The molecular weight excluding hydrogens is 472 g/mol. The summed E-state index contributed by atoms with van der Waals surface area (Å²) in [6.45, 7) is 4.63. The van der Waals surface area contributed by atoms with Crippen LogP contribution < -0.4 is 9.64 Å². The van der Waals surface area contributed by atoms with Gasteiger partial charge in [-0.3, -0.25) is 9.59 Å². The smallest absolute Gasteiger partial charge is 0.260 e. The second kappa shape index (κ2) is 12.0. The van der Waals surface area contributed by atoms with Gasteiger partial charge in [0.2, 0.25) is 0 Å². The van der Waals surface area contributed by atoms with E-state index < -0.39 is 0 Å². The number of aromatic nitrogens is 1. The number of amides is 2. The lowest BCUT2D eigenvalue weighted by Crippen LogP contribution is -2.37. The van der Waals surface area contributed by atoms with E-state index in [-0.39, 0.29) is 18.4 Å². The number of carbonyl (C=O) groups excluding carboxylic acids is 2. The SMILES string of the molecule is COCC(=O)N1CCCN(C)CCN(C(=O)c2c(-c3ccccc3OC)noc2C)Cc2ccccc21. The third-order valence-electron chi connectivity index (χ3n) is 6.61. The van der Waals surface area contributed by atoms with Crippen LogP contribution in [-0.4, -0.2) is 80.8 Å². The highest BCUT2D eigenvalue weighted by molar-refractivity contribution is 6.01. The van der Waals surface area contributed by atoms with Crippen LogP contribution in [0.25, 0.3) is 11.3 Å². The van der Waals surface area contributed by atoms with Gasteiger partial charge in [0.05, 0.1) is 7.11 Å². The van der Waals surface area contributed by atoms with Crippen LogP contribution >= 0.6 is 0 Å². The summed E-state index contributed by atoms with van der Waals surface area (Å²) in [5.41, 5.74) is 3.23. The molecule has 0 atom stereocenters. The highest BCUT2D eigenvalue weighted by Crippen LogP contribution is 2.34. The molecule has 196 valence electrons. The molecule has 1 aliphatic heterocycles. The third kappa shape index (κ3) is 5.84. The van der Waals surface area contributed by atoms with Crippen molar-refractivity contribution in [3.05, 3.63) is 65.4 Å². The van der Waals surface area contributed by atoms with Gasteiger partial charge in [0.15, 0.2) is 0 Å². The molecule has 0 N–H and O–H groups in total. The number of benzene rings is 2. The minimum atomic E-state index is -0.183. The maximum atomic E-state index is 14.1. The molecule has 3 aromatic rings. The van der Waals surface area contributed by atoms with E-state index in [1.54, 1.807) is 23.8 Å². The highest BCUT2D eigenvalue weighted by Gasteiger charge is 2.29. The van der Waals surface area contributed by atoms with Crippen LogP contribution in [0, 0.1) is 6.92 Å². The lowest BCUT2D eigenvalue weighted by Gasteiger charge is -2.28. The van der Waals surface area contributed by atoms with Crippen molar-refractivity contribution in [3.8, 4) is 17.0 Å². The van der Waals surface area contributed by atoms with Crippen LogP contribution in [0.5, 0.6) is 5.75 Å². The van der Waals surface area contributed by atoms with Crippen molar-refractivity contribution in [1.82, 2.24) is 15.0 Å². The van der Waals surface area contributed by atoms with Gasteiger partial charge in [-0.1, -0.05) is 35.5 Å². The standard InChI is InChI=1S/C28H34N4O5/c1-20-26(27(29-37-20)22-11-6-8-13-24(22)36-4)28(34)31-17-16-30(2)14-9-15-32(25(33)19-35-3)23-12-7-5-10-21(23)18-31/h5-8,10-13H,9,14-19H2,1-4H3. The van der Waals surface area contributed by atoms with Crippen LogP contribution in [-0.2, 0) is 16.1 Å². The van der Waals surface area contributed by atoms with Crippen molar-refractivity contribution < 1.29 is 23.6 Å². The van der Waals surface area contributed by atoms with Crippen LogP contribution in [0.1, 0.15) is 28.1 Å². The Kier molecular flexibility index (Phi) is 8.58. The largest absolute Gasteiger partial charge is 0.496 e. The number of ether oxygens (including phenoxy) is 2. The van der Waals surface area contributed by atoms with E-state index in [1.807, 2.05) is 55.6 Å². The van der Waals surface area contributed by atoms with Crippen LogP contribution in [0.4, 0.5) is 5.69 Å². The number of rotatable bonds is 5. The third-order valence-corrected chi connectivity index (χ3v) is 6.61. The minimum absolute atomic E-state index is 0.00499. The fourth-order valence-electron chi connectivity index (χ4n) is 4.65. The van der Waals surface area contributed by atoms with E-state index in [9.17, 15) is 9.59 Å². The van der Waals surface area contributed by atoms with Gasteiger partial charge < -0.3 is 28.7 Å². The zero-order valence-corrected chi connectivity index (χ0v) is 21.9. The minimum Gasteiger partial charge on any atom is -0.496 e. The molecule has 9 heteroatoms. The molecule has 0 unspecified atom stereocenters. The summed E-state index contributed by atoms with van der Waals surface area (Å²) in [6.07, 6.45) is 0.803. The predicted octanol–water partition coefficient (Wildman–Crippen LogP) is 3.62. The second-order valence-electron chi connectivity index (χ2n) is 9.15. The number of anilines is 1. The Hall–Kier alpha value is -3.69. The molecule has 37 heavy (non-hydrogen) atoms. The van der Waals surface area contributed by atoms with E-state index in [2.05, 4.69) is 10.1 Å². The van der Waals surface area contributed by atoms with Crippen molar-refractivity contribution in [2.45, 2.75) is 19.9 Å². The molecule has 0 aliphatic carbocycles. The number of para-hydroxylation sites is 2. The molecule has 2 heterocycles. The van der Waals surface area contributed by atoms with Crippen molar-refractivity contribution in [3.63, 3.8) is 0 Å². The topological polar surface area (TPSA) is 88.4 Å². The summed E-state index contributed by atoms with van der Waals surface area (Å²) in [5, 5.41) is 4.24. The summed E-state index contributed by atoms with van der Waals surface area (Å²) in [6, 6.07) is 15.2. The number of nitrogens with zero attached hydrogens (tertiary/aromatic N) is 4. The molecule has 2 aromatic carbocycles. The Bertz CT molecular complexity index is 1240. The predicted molar refractivity (Wildman–Crippen MR) is 141 cm³/mol. The first-order valence-electron chi connectivity index (χ1n) is 12.4. The normalized spacial score (nSPS) is 15.1. The van der Waals surface area contributed by atoms with Crippen LogP contribution in [0.3, 0.4) is 0 Å². The Morgan fingerprint density at radius 2 is 1.76 bits per heavy atom. The van der Waals surface area contributed by atoms with E-state index in [0.717, 1.165) is 24.2 Å². The maximum absolute atomic E-state index is 14.1. The van der Waals surface area contributed by atoms with Crippen molar-refractivity contribution in [1.29, 1.82) is 0 Å². The highest BCUT2D eigenvalue weighted by atomic mass is 16.5. The molecule has 9 nitrogen and oxygen atoms in total. The van der Waals surface area contributed by atoms with Gasteiger partial charge in [-0.25, -0.2) is 0 Å². The molecular formula is C28H34N4O5. The van der Waals surface area contributed by atoms with E-state index in [1.165, 1.54) is 7.11 Å². The van der Waals surface area contributed by atoms with Gasteiger partial charge in [-0.15, -0.1) is 0 Å². The molecule has 0 radical (unpaired) electrons. The summed E-state index contributed by atoms with van der Waals surface area (Å²) in [5.74, 6) is 0.762. The van der Waals surface area contributed by atoms with Gasteiger partial charge >= 0.3 is 0 Å². The first kappa shape index (κ1) is 26.4. The molecule has 2 amide bonds. The lowest BCUT2D eigenvalue weighted by molar-refractivity contribution is -0.122. The van der Waals surface area contributed by atoms with Crippen molar-refractivity contribution in [2.24, 2.45) is 0 Å². The lowest BCUT2D eigenvalue weighted by atomic mass is 10.0. The zero-order chi connectivity index (χ0) is 26.4. The Balaban J connectivity index is 1.75. The van der Waals surface area contributed by atoms with Gasteiger partial charge in [0, 0.05) is 44.5 Å². The fraction of sp³-hybridized carbons (Fsp3) is 0.393. The van der Waals surface area contributed by atoms with Crippen molar-refractivity contribution >= 4 is 17.5 Å². The summed E-state index contributed by atoms with van der Waals surface area (Å²) in [4.78, 5) is 32.9. The second-order valence-corrected chi connectivity index (χ2v) is 9.15. The molecule has 0 saturated carbocycles. The average Bonchev–Trinajstić information content (AvgIpc) is 3.28. The van der Waals surface area contributed by atoms with E-state index >= 15 is 0 Å². The number of hydrogen-bond donors (Lipinski definition) is 0. The Labute approximate surface area is 217 Å². The van der Waals surface area contributed by atoms with Crippen LogP contribution in [0.15, 0.2) is 53.1 Å². The molecule has 1 aliphatic rings. The number of fused-ring (bicyclic) bond motifs is 1. The molecule has 0 saturated heterocycles.